The molecule has 29 heavy (non-hydrogen) atoms. The minimum Gasteiger partial charge on any atom is -0.495 e. The summed E-state index contributed by atoms with van der Waals surface area (Å²) in [4.78, 5) is 2.42. The average molecular weight is 419 g/mol. The van der Waals surface area contributed by atoms with Gasteiger partial charge in [0.15, 0.2) is 11.5 Å². The van der Waals surface area contributed by atoms with Gasteiger partial charge in [0, 0.05) is 24.7 Å². The Hall–Kier alpha value is -2.45. The van der Waals surface area contributed by atoms with Crippen molar-refractivity contribution in [2.75, 3.05) is 38.9 Å². The van der Waals surface area contributed by atoms with Gasteiger partial charge in [-0.05, 0) is 47.7 Å². The van der Waals surface area contributed by atoms with Crippen LogP contribution in [0.5, 0.6) is 17.2 Å². The molecule has 2 heterocycles. The topological polar surface area (TPSA) is 77.1 Å². The van der Waals surface area contributed by atoms with Crippen LogP contribution in [0.2, 0.25) is 0 Å². The Bertz CT molecular complexity index is 1050. The van der Waals surface area contributed by atoms with Gasteiger partial charge < -0.3 is 14.2 Å². The maximum Gasteiger partial charge on any atom is 0.229 e. The average Bonchev–Trinajstić information content (AvgIpc) is 2.69. The number of nitrogens with one attached hydrogen (secondary N) is 1. The van der Waals surface area contributed by atoms with Crippen LogP contribution in [0.1, 0.15) is 28.3 Å². The fraction of sp³-hybridized carbons (Fsp3) is 0.429. The highest BCUT2D eigenvalue weighted by atomic mass is 32.2. The molecule has 156 valence electrons. The first kappa shape index (κ1) is 19.8. The molecule has 0 radical (unpaired) electrons. The summed E-state index contributed by atoms with van der Waals surface area (Å²) in [6, 6.07) is 8.11. The molecule has 0 spiro atoms. The van der Waals surface area contributed by atoms with E-state index in [4.69, 9.17) is 14.2 Å². The predicted octanol–water partition coefficient (Wildman–Crippen LogP) is 2.74. The normalized spacial score (nSPS) is 18.3. The molecule has 2 aliphatic rings. The number of hydrogen-bond acceptors (Lipinski definition) is 6. The van der Waals surface area contributed by atoms with E-state index in [-0.39, 0.29) is 6.04 Å². The van der Waals surface area contributed by atoms with Crippen molar-refractivity contribution < 1.29 is 22.6 Å². The second kappa shape index (κ2) is 7.42. The zero-order valence-electron chi connectivity index (χ0n) is 17.1. The first-order chi connectivity index (χ1) is 13.8. The molecule has 0 fully saturated rings. The van der Waals surface area contributed by atoms with E-state index in [0.29, 0.717) is 11.4 Å². The summed E-state index contributed by atoms with van der Waals surface area (Å²) in [5, 5.41) is 0. The molecule has 0 unspecified atom stereocenters. The zero-order chi connectivity index (χ0) is 20.8. The lowest BCUT2D eigenvalue weighted by Crippen LogP contribution is -2.39. The Morgan fingerprint density at radius 1 is 1.03 bits per heavy atom. The summed E-state index contributed by atoms with van der Waals surface area (Å²) in [5.41, 5.74) is 5.21. The Kier molecular flexibility index (Phi) is 5.08. The number of benzene rings is 2. The molecule has 1 N–H and O–H groups in total. The lowest BCUT2D eigenvalue weighted by atomic mass is 9.83. The van der Waals surface area contributed by atoms with E-state index in [2.05, 4.69) is 15.7 Å². The number of sulfonamides is 1. The first-order valence-corrected chi connectivity index (χ1v) is 11.4. The van der Waals surface area contributed by atoms with E-state index in [1.165, 1.54) is 11.1 Å². The van der Waals surface area contributed by atoms with Crippen LogP contribution in [0.25, 0.3) is 0 Å². The number of methoxy groups -OCH3 is 3. The minimum atomic E-state index is -3.41. The highest BCUT2D eigenvalue weighted by Gasteiger charge is 2.35. The van der Waals surface area contributed by atoms with Crippen LogP contribution in [0.4, 0.5) is 5.69 Å². The molecule has 0 saturated heterocycles. The summed E-state index contributed by atoms with van der Waals surface area (Å²) in [5.74, 6) is 2.08. The fourth-order valence-electron chi connectivity index (χ4n) is 4.47. The van der Waals surface area contributed by atoms with Gasteiger partial charge >= 0.3 is 0 Å². The van der Waals surface area contributed by atoms with Crippen molar-refractivity contribution >= 4 is 15.7 Å². The second-order valence-electron chi connectivity index (χ2n) is 7.50. The van der Waals surface area contributed by atoms with Crippen molar-refractivity contribution in [3.05, 3.63) is 46.5 Å². The van der Waals surface area contributed by atoms with E-state index < -0.39 is 10.0 Å². The highest BCUT2D eigenvalue weighted by molar-refractivity contribution is 7.92. The second-order valence-corrected chi connectivity index (χ2v) is 9.25. The fourth-order valence-corrected chi connectivity index (χ4v) is 5.03. The van der Waals surface area contributed by atoms with Crippen molar-refractivity contribution in [3.8, 4) is 17.2 Å². The van der Waals surface area contributed by atoms with Crippen molar-refractivity contribution in [2.45, 2.75) is 25.4 Å². The minimum absolute atomic E-state index is 0.176. The van der Waals surface area contributed by atoms with Crippen molar-refractivity contribution in [1.29, 1.82) is 0 Å². The van der Waals surface area contributed by atoms with Crippen LogP contribution in [0.15, 0.2) is 24.3 Å². The lowest BCUT2D eigenvalue weighted by molar-refractivity contribution is 0.157. The molecule has 4 rings (SSSR count). The van der Waals surface area contributed by atoms with Gasteiger partial charge in [-0.15, -0.1) is 0 Å². The van der Waals surface area contributed by atoms with Crippen LogP contribution < -0.4 is 18.9 Å². The summed E-state index contributed by atoms with van der Waals surface area (Å²) in [6.45, 7) is 1.68. The van der Waals surface area contributed by atoms with E-state index in [0.717, 1.165) is 54.8 Å². The van der Waals surface area contributed by atoms with Crippen LogP contribution in [-0.4, -0.2) is 47.4 Å². The molecule has 0 aromatic heterocycles. The Labute approximate surface area is 171 Å². The molecule has 7 nitrogen and oxygen atoms in total. The molecule has 2 aromatic rings. The number of hydrogen-bond donors (Lipinski definition) is 1. The molecule has 2 aliphatic heterocycles. The van der Waals surface area contributed by atoms with Crippen LogP contribution in [0.3, 0.4) is 0 Å². The summed E-state index contributed by atoms with van der Waals surface area (Å²) < 4.78 is 42.8. The predicted molar refractivity (Wildman–Crippen MR) is 112 cm³/mol. The van der Waals surface area contributed by atoms with Crippen molar-refractivity contribution in [1.82, 2.24) is 4.90 Å². The van der Waals surface area contributed by atoms with Crippen LogP contribution >= 0.6 is 0 Å². The third-order valence-corrected chi connectivity index (χ3v) is 6.34. The van der Waals surface area contributed by atoms with Gasteiger partial charge in [-0.1, -0.05) is 6.07 Å². The van der Waals surface area contributed by atoms with Crippen LogP contribution in [0, 0.1) is 0 Å². The quantitative estimate of drug-likeness (QED) is 0.805. The van der Waals surface area contributed by atoms with Crippen molar-refractivity contribution in [3.63, 3.8) is 0 Å². The van der Waals surface area contributed by atoms with Gasteiger partial charge in [0.05, 0.1) is 33.3 Å². The van der Waals surface area contributed by atoms with Crippen LogP contribution in [-0.2, 0) is 29.4 Å². The molecule has 2 aromatic carbocycles. The van der Waals surface area contributed by atoms with Gasteiger partial charge in [0.25, 0.3) is 0 Å². The molecular formula is C21H26N2O5S. The maximum absolute atomic E-state index is 11.8. The molecule has 1 atom stereocenters. The van der Waals surface area contributed by atoms with E-state index >= 15 is 0 Å². The molecule has 0 bridgehead atoms. The third-order valence-electron chi connectivity index (χ3n) is 5.74. The molecule has 8 heteroatoms. The first-order valence-electron chi connectivity index (χ1n) is 9.50. The third kappa shape index (κ3) is 3.62. The number of fused-ring (bicyclic) bond motifs is 4. The standard InChI is InChI=1S/C21H26N2O5S/c1-26-19-6-5-13-9-18-15-11-17(22-29(4,24)25)20(27-2)10-14(15)7-8-23(18)12-16(13)21(19)28-3/h5-6,10-11,18,22H,7-9,12H2,1-4H3/t18-/m0/s1. The van der Waals surface area contributed by atoms with E-state index in [9.17, 15) is 8.42 Å². The monoisotopic (exact) mass is 418 g/mol. The number of ether oxygens (including phenoxy) is 3. The highest BCUT2D eigenvalue weighted by Crippen LogP contribution is 2.45. The number of anilines is 1. The van der Waals surface area contributed by atoms with Crippen molar-refractivity contribution in [2.24, 2.45) is 0 Å². The summed E-state index contributed by atoms with van der Waals surface area (Å²) in [6.07, 6.45) is 2.85. The number of nitrogens with zero attached hydrogens (tertiary/aromatic N) is 1. The largest absolute Gasteiger partial charge is 0.495 e. The Morgan fingerprint density at radius 3 is 2.45 bits per heavy atom. The summed E-state index contributed by atoms with van der Waals surface area (Å²) >= 11 is 0. The van der Waals surface area contributed by atoms with Gasteiger partial charge in [-0.25, -0.2) is 8.42 Å². The maximum atomic E-state index is 11.8. The van der Waals surface area contributed by atoms with Gasteiger partial charge in [0.1, 0.15) is 5.75 Å². The molecular weight excluding hydrogens is 392 g/mol. The molecule has 0 saturated carbocycles. The smallest absolute Gasteiger partial charge is 0.229 e. The Balaban J connectivity index is 1.77. The summed E-state index contributed by atoms with van der Waals surface area (Å²) in [7, 11) is 1.47. The van der Waals surface area contributed by atoms with E-state index in [1.54, 1.807) is 21.3 Å². The SMILES string of the molecule is COc1cc2c(cc1NS(C)(=O)=O)[C@@H]1Cc3ccc(OC)c(OC)c3CN1CC2. The zero-order valence-corrected chi connectivity index (χ0v) is 17.9. The van der Waals surface area contributed by atoms with E-state index in [1.807, 2.05) is 18.2 Å². The number of rotatable bonds is 5. The van der Waals surface area contributed by atoms with Gasteiger partial charge in [-0.3, -0.25) is 9.62 Å². The Morgan fingerprint density at radius 2 is 1.79 bits per heavy atom. The van der Waals surface area contributed by atoms with Gasteiger partial charge in [-0.2, -0.15) is 0 Å². The lowest BCUT2D eigenvalue weighted by Gasteiger charge is -2.42. The molecule has 0 amide bonds. The van der Waals surface area contributed by atoms with Gasteiger partial charge in [0.2, 0.25) is 10.0 Å². The molecule has 0 aliphatic carbocycles.